The largest absolute Gasteiger partial charge is 0.377 e. The maximum atomic E-state index is 13.8. The summed E-state index contributed by atoms with van der Waals surface area (Å²) in [5.74, 6) is -0.510. The fourth-order valence-electron chi connectivity index (χ4n) is 2.02. The normalized spacial score (nSPS) is 11.0. The van der Waals surface area contributed by atoms with Gasteiger partial charge in [-0.25, -0.2) is 9.37 Å². The highest BCUT2D eigenvalue weighted by molar-refractivity contribution is 7.15. The second-order valence-corrected chi connectivity index (χ2v) is 5.78. The van der Waals surface area contributed by atoms with Gasteiger partial charge in [-0.05, 0) is 19.1 Å². The zero-order valence-electron chi connectivity index (χ0n) is 11.1. The van der Waals surface area contributed by atoms with Crippen LogP contribution in [0.25, 0.3) is 4.96 Å². The number of anilines is 1. The minimum Gasteiger partial charge on any atom is -0.377 e. The average molecular weight is 324 g/mol. The van der Waals surface area contributed by atoms with Crippen LogP contribution in [-0.4, -0.2) is 9.38 Å². The van der Waals surface area contributed by atoms with Crippen molar-refractivity contribution in [3.8, 4) is 0 Å². The van der Waals surface area contributed by atoms with Crippen molar-refractivity contribution in [1.29, 1.82) is 0 Å². The van der Waals surface area contributed by atoms with E-state index < -0.39 is 5.82 Å². The Labute approximate surface area is 128 Å². The van der Waals surface area contributed by atoms with E-state index in [1.807, 2.05) is 12.3 Å². The van der Waals surface area contributed by atoms with Crippen LogP contribution in [0.4, 0.5) is 10.1 Å². The molecule has 1 N–H and O–H groups in total. The van der Waals surface area contributed by atoms with Crippen LogP contribution < -0.4 is 10.9 Å². The highest BCUT2D eigenvalue weighted by Gasteiger charge is 2.08. The van der Waals surface area contributed by atoms with Crippen molar-refractivity contribution in [3.05, 3.63) is 62.2 Å². The van der Waals surface area contributed by atoms with Crippen molar-refractivity contribution in [3.63, 3.8) is 0 Å². The Kier molecular flexibility index (Phi) is 3.65. The molecule has 0 radical (unpaired) electrons. The number of nitrogens with zero attached hydrogens (tertiary/aromatic N) is 2. The molecule has 3 rings (SSSR count). The molecule has 2 aromatic heterocycles. The van der Waals surface area contributed by atoms with Gasteiger partial charge in [0.25, 0.3) is 5.56 Å². The van der Waals surface area contributed by atoms with Crippen LogP contribution >= 0.6 is 22.9 Å². The molecular weight excluding hydrogens is 313 g/mol. The molecule has 7 heteroatoms. The van der Waals surface area contributed by atoms with Crippen LogP contribution in [0.2, 0.25) is 5.02 Å². The van der Waals surface area contributed by atoms with Crippen molar-refractivity contribution in [2.75, 3.05) is 5.32 Å². The Bertz CT molecular complexity index is 874. The van der Waals surface area contributed by atoms with Crippen molar-refractivity contribution in [2.24, 2.45) is 0 Å². The zero-order chi connectivity index (χ0) is 15.0. The lowest BCUT2D eigenvalue weighted by molar-refractivity contribution is 0.630. The van der Waals surface area contributed by atoms with Gasteiger partial charge in [0, 0.05) is 17.1 Å². The molecule has 0 atom stereocenters. The molecule has 4 nitrogen and oxygen atoms in total. The van der Waals surface area contributed by atoms with Gasteiger partial charge >= 0.3 is 0 Å². The molecule has 0 unspecified atom stereocenters. The summed E-state index contributed by atoms with van der Waals surface area (Å²) in [6, 6.07) is 6.17. The van der Waals surface area contributed by atoms with Crippen molar-refractivity contribution in [2.45, 2.75) is 13.5 Å². The van der Waals surface area contributed by atoms with Crippen molar-refractivity contribution < 1.29 is 4.39 Å². The molecule has 0 saturated heterocycles. The fraction of sp³-hybridized carbons (Fsp3) is 0.143. The molecule has 1 aromatic carbocycles. The Morgan fingerprint density at radius 1 is 1.48 bits per heavy atom. The summed E-state index contributed by atoms with van der Waals surface area (Å²) in [7, 11) is 0. The molecule has 0 aliphatic carbocycles. The molecule has 2 heterocycles. The number of hydrogen-bond acceptors (Lipinski definition) is 4. The molecule has 0 amide bonds. The smallest absolute Gasteiger partial charge is 0.259 e. The maximum absolute atomic E-state index is 13.8. The average Bonchev–Trinajstić information content (AvgIpc) is 2.82. The van der Waals surface area contributed by atoms with E-state index in [0.29, 0.717) is 10.7 Å². The van der Waals surface area contributed by atoms with Gasteiger partial charge in [0.15, 0.2) is 10.8 Å². The van der Waals surface area contributed by atoms with Gasteiger partial charge in [0.1, 0.15) is 0 Å². The van der Waals surface area contributed by atoms with E-state index in [2.05, 4.69) is 10.3 Å². The maximum Gasteiger partial charge on any atom is 0.259 e. The summed E-state index contributed by atoms with van der Waals surface area (Å²) in [4.78, 5) is 17.0. The van der Waals surface area contributed by atoms with Gasteiger partial charge < -0.3 is 5.32 Å². The number of benzene rings is 1. The number of fused-ring (bicyclic) bond motifs is 1. The summed E-state index contributed by atoms with van der Waals surface area (Å²) in [6.07, 6.45) is 0. The van der Waals surface area contributed by atoms with Crippen LogP contribution in [-0.2, 0) is 6.54 Å². The number of halogens is 2. The predicted molar refractivity (Wildman–Crippen MR) is 82.8 cm³/mol. The first-order valence-corrected chi connectivity index (χ1v) is 7.46. The highest BCUT2D eigenvalue weighted by atomic mass is 35.5. The highest BCUT2D eigenvalue weighted by Crippen LogP contribution is 2.22. The molecule has 0 aliphatic rings. The Hall–Kier alpha value is -1.92. The number of thiazole rings is 1. The second-order valence-electron chi connectivity index (χ2n) is 4.54. The van der Waals surface area contributed by atoms with E-state index >= 15 is 0 Å². The molecule has 0 spiro atoms. The minimum absolute atomic E-state index is 0.0531. The van der Waals surface area contributed by atoms with E-state index in [0.717, 1.165) is 5.69 Å². The van der Waals surface area contributed by atoms with Gasteiger partial charge in [0.2, 0.25) is 0 Å². The first-order chi connectivity index (χ1) is 10.1. The monoisotopic (exact) mass is 323 g/mol. The molecule has 108 valence electrons. The molecule has 3 aromatic rings. The van der Waals surface area contributed by atoms with Gasteiger partial charge in [0.05, 0.1) is 22.9 Å². The lowest BCUT2D eigenvalue weighted by Crippen LogP contribution is -2.16. The van der Waals surface area contributed by atoms with Crippen LogP contribution in [0.15, 0.2) is 34.4 Å². The van der Waals surface area contributed by atoms with Gasteiger partial charge in [-0.2, -0.15) is 0 Å². The minimum atomic E-state index is -0.510. The summed E-state index contributed by atoms with van der Waals surface area (Å²) in [6.45, 7) is 2.10. The molecule has 0 bridgehead atoms. The molecule has 21 heavy (non-hydrogen) atoms. The summed E-state index contributed by atoms with van der Waals surface area (Å²) >= 11 is 7.12. The number of rotatable bonds is 3. The van der Waals surface area contributed by atoms with Crippen molar-refractivity contribution in [1.82, 2.24) is 9.38 Å². The SMILES string of the molecule is Cc1csc2nc(CNc3cccc(Cl)c3F)cc(=O)n12. The van der Waals surface area contributed by atoms with E-state index in [1.165, 1.54) is 23.5 Å². The van der Waals surface area contributed by atoms with E-state index in [1.54, 1.807) is 16.5 Å². The number of aromatic nitrogens is 2. The third-order valence-corrected chi connectivity index (χ3v) is 4.28. The molecule has 0 fully saturated rings. The van der Waals surface area contributed by atoms with Crippen LogP contribution in [0, 0.1) is 12.7 Å². The fourth-order valence-corrected chi connectivity index (χ4v) is 3.08. The van der Waals surface area contributed by atoms with Gasteiger partial charge in [-0.1, -0.05) is 17.7 Å². The Morgan fingerprint density at radius 2 is 2.29 bits per heavy atom. The van der Waals surface area contributed by atoms with Crippen LogP contribution in [0.3, 0.4) is 0 Å². The topological polar surface area (TPSA) is 46.4 Å². The lowest BCUT2D eigenvalue weighted by atomic mass is 10.3. The Morgan fingerprint density at radius 3 is 3.10 bits per heavy atom. The number of aryl methyl sites for hydroxylation is 1. The third-order valence-electron chi connectivity index (χ3n) is 3.04. The summed E-state index contributed by atoms with van der Waals surface area (Å²) in [5.41, 5.74) is 1.56. The standard InChI is InChI=1S/C14H11ClFN3OS/c1-8-7-21-14-18-9(5-12(20)19(8)14)6-17-11-4-2-3-10(15)13(11)16/h2-5,7,17H,6H2,1H3. The first kappa shape index (κ1) is 14.0. The van der Waals surface area contributed by atoms with Crippen molar-refractivity contribution >= 4 is 33.6 Å². The lowest BCUT2D eigenvalue weighted by Gasteiger charge is -2.08. The molecule has 0 saturated carbocycles. The quantitative estimate of drug-likeness (QED) is 0.803. The Balaban J connectivity index is 1.89. The van der Waals surface area contributed by atoms with Gasteiger partial charge in [-0.3, -0.25) is 9.20 Å². The van der Waals surface area contributed by atoms with E-state index in [4.69, 9.17) is 11.6 Å². The summed E-state index contributed by atoms with van der Waals surface area (Å²) in [5, 5.41) is 4.83. The van der Waals surface area contributed by atoms with Crippen LogP contribution in [0.5, 0.6) is 0 Å². The zero-order valence-corrected chi connectivity index (χ0v) is 12.6. The predicted octanol–water partition coefficient (Wildman–Crippen LogP) is 3.47. The van der Waals surface area contributed by atoms with Crippen LogP contribution in [0.1, 0.15) is 11.4 Å². The third kappa shape index (κ3) is 2.64. The second kappa shape index (κ2) is 5.46. The number of hydrogen-bond donors (Lipinski definition) is 1. The first-order valence-electron chi connectivity index (χ1n) is 6.21. The summed E-state index contributed by atoms with van der Waals surface area (Å²) < 4.78 is 15.3. The van der Waals surface area contributed by atoms with Gasteiger partial charge in [-0.15, -0.1) is 11.3 Å². The van der Waals surface area contributed by atoms with E-state index in [-0.39, 0.29) is 22.8 Å². The number of nitrogens with one attached hydrogen (secondary N) is 1. The molecular formula is C14H11ClFN3OS. The molecule has 0 aliphatic heterocycles. The van der Waals surface area contributed by atoms with E-state index in [9.17, 15) is 9.18 Å².